The Morgan fingerprint density at radius 2 is 1.88 bits per heavy atom. The van der Waals surface area contributed by atoms with Crippen molar-refractivity contribution in [2.24, 2.45) is 0 Å². The summed E-state index contributed by atoms with van der Waals surface area (Å²) in [5.74, 6) is -0.308. The van der Waals surface area contributed by atoms with Crippen LogP contribution in [0.4, 0.5) is 0 Å². The van der Waals surface area contributed by atoms with E-state index in [9.17, 15) is 14.7 Å². The highest BCUT2D eigenvalue weighted by atomic mass is 35.5. The summed E-state index contributed by atoms with van der Waals surface area (Å²) >= 11 is 5.92. The number of hydrogen-bond acceptors (Lipinski definition) is 6. The zero-order valence-electron chi connectivity index (χ0n) is 17.1. The van der Waals surface area contributed by atoms with Crippen molar-refractivity contribution in [3.05, 3.63) is 74.1 Å². The van der Waals surface area contributed by atoms with E-state index in [-0.39, 0.29) is 11.7 Å². The summed E-state index contributed by atoms with van der Waals surface area (Å²) in [7, 11) is 0. The smallest absolute Gasteiger partial charge is 0.387 e. The van der Waals surface area contributed by atoms with Gasteiger partial charge in [0.1, 0.15) is 0 Å². The van der Waals surface area contributed by atoms with Crippen LogP contribution in [-0.4, -0.2) is 49.3 Å². The van der Waals surface area contributed by atoms with E-state index < -0.39 is 11.9 Å². The number of aromatic amines is 2. The van der Waals surface area contributed by atoms with Gasteiger partial charge in [0.05, 0.1) is 17.1 Å². The molecule has 32 heavy (non-hydrogen) atoms. The van der Waals surface area contributed by atoms with Gasteiger partial charge in [0.2, 0.25) is 0 Å². The molecule has 2 aromatic heterocycles. The first kappa shape index (κ1) is 20.7. The molecule has 3 N–H and O–H groups in total. The molecule has 0 saturated carbocycles. The summed E-state index contributed by atoms with van der Waals surface area (Å²) in [5.41, 5.74) is 2.82. The number of imidazole rings is 1. The van der Waals surface area contributed by atoms with Crippen molar-refractivity contribution in [2.45, 2.75) is 25.0 Å². The molecular weight excluding hydrogens is 434 g/mol. The van der Waals surface area contributed by atoms with E-state index in [1.165, 1.54) is 0 Å². The van der Waals surface area contributed by atoms with Crippen LogP contribution in [0.2, 0.25) is 5.02 Å². The lowest BCUT2D eigenvalue weighted by molar-refractivity contribution is 0.0907. The number of likely N-dealkylation sites (tertiary alicyclic amines) is 1. The molecule has 0 bridgehead atoms. The molecule has 1 fully saturated rings. The van der Waals surface area contributed by atoms with Crippen molar-refractivity contribution in [2.75, 3.05) is 19.6 Å². The van der Waals surface area contributed by atoms with Crippen LogP contribution >= 0.6 is 11.6 Å². The fourth-order valence-electron chi connectivity index (χ4n) is 4.39. The Labute approximate surface area is 187 Å². The molecule has 9 nitrogen and oxygen atoms in total. The third kappa shape index (κ3) is 4.02. The molecule has 0 spiro atoms. The molecule has 3 heterocycles. The molecule has 1 saturated heterocycles. The zero-order chi connectivity index (χ0) is 22.2. The first-order chi connectivity index (χ1) is 15.5. The van der Waals surface area contributed by atoms with Gasteiger partial charge in [0, 0.05) is 36.3 Å². The van der Waals surface area contributed by atoms with Gasteiger partial charge in [0.15, 0.2) is 5.82 Å². The number of nitrogens with one attached hydrogen (secondary N) is 2. The minimum atomic E-state index is -0.626. The Balaban J connectivity index is 1.29. The lowest BCUT2D eigenvalue weighted by Gasteiger charge is -2.33. The lowest BCUT2D eigenvalue weighted by Crippen LogP contribution is -2.39. The highest BCUT2D eigenvalue weighted by Gasteiger charge is 2.25. The van der Waals surface area contributed by atoms with Crippen LogP contribution in [0.15, 0.2) is 56.6 Å². The third-order valence-electron chi connectivity index (χ3n) is 6.04. The van der Waals surface area contributed by atoms with Gasteiger partial charge < -0.3 is 15.0 Å². The molecule has 0 amide bonds. The second kappa shape index (κ2) is 8.42. The number of hydrogen-bond donors (Lipinski definition) is 3. The van der Waals surface area contributed by atoms with Gasteiger partial charge in [-0.15, -0.1) is 0 Å². The molecule has 166 valence electrons. The number of piperidine rings is 1. The van der Waals surface area contributed by atoms with Crippen LogP contribution in [0.5, 0.6) is 0 Å². The molecule has 1 aliphatic rings. The van der Waals surface area contributed by atoms with Crippen molar-refractivity contribution in [3.8, 4) is 11.4 Å². The van der Waals surface area contributed by atoms with Gasteiger partial charge in [0.25, 0.3) is 0 Å². The quantitative estimate of drug-likeness (QED) is 0.425. The number of aliphatic hydroxyl groups excluding tert-OH is 1. The number of halogens is 1. The average Bonchev–Trinajstić information content (AvgIpc) is 3.36. The number of H-pyrrole nitrogens is 2. The van der Waals surface area contributed by atoms with Gasteiger partial charge in [-0.1, -0.05) is 28.9 Å². The fraction of sp³-hybridized carbons (Fsp3) is 0.318. The molecular formula is C22H22ClN5O4. The van der Waals surface area contributed by atoms with Crippen molar-refractivity contribution in [1.29, 1.82) is 0 Å². The van der Waals surface area contributed by atoms with Crippen molar-refractivity contribution < 1.29 is 9.63 Å². The Morgan fingerprint density at radius 1 is 1.12 bits per heavy atom. The molecule has 2 aromatic carbocycles. The first-order valence-corrected chi connectivity index (χ1v) is 10.8. The number of benzene rings is 2. The van der Waals surface area contributed by atoms with Gasteiger partial charge in [-0.3, -0.25) is 14.1 Å². The number of β-amino-alcohol motifs (C(OH)–C–C–N with tert-alkyl or cyclic N) is 1. The van der Waals surface area contributed by atoms with Crippen molar-refractivity contribution in [1.82, 2.24) is 24.6 Å². The zero-order valence-corrected chi connectivity index (χ0v) is 17.9. The van der Waals surface area contributed by atoms with E-state index in [1.807, 2.05) is 18.2 Å². The molecule has 10 heteroatoms. The SMILES string of the molecule is O=c1[nH]c(-c2ccc3c(c2)[nH]c(=O)n3C2CCN(CC(O)c3ccc(Cl)cc3)CC2)no1. The maximum Gasteiger partial charge on any atom is 0.439 e. The molecule has 1 aliphatic heterocycles. The van der Waals surface area contributed by atoms with E-state index in [1.54, 1.807) is 28.8 Å². The van der Waals surface area contributed by atoms with Crippen LogP contribution in [0, 0.1) is 0 Å². The van der Waals surface area contributed by atoms with Crippen LogP contribution in [0.3, 0.4) is 0 Å². The average molecular weight is 456 g/mol. The molecule has 1 unspecified atom stereocenters. The Hall–Kier alpha value is -3.14. The summed E-state index contributed by atoms with van der Waals surface area (Å²) in [6.07, 6.45) is 1.03. The number of aromatic nitrogens is 4. The van der Waals surface area contributed by atoms with Crippen LogP contribution in [-0.2, 0) is 0 Å². The van der Waals surface area contributed by atoms with Crippen LogP contribution in [0.25, 0.3) is 22.4 Å². The Bertz CT molecular complexity index is 1350. The van der Waals surface area contributed by atoms with E-state index in [2.05, 4.69) is 24.5 Å². The van der Waals surface area contributed by atoms with Crippen molar-refractivity contribution >= 4 is 22.6 Å². The maximum absolute atomic E-state index is 12.7. The lowest BCUT2D eigenvalue weighted by atomic mass is 10.0. The predicted molar refractivity (Wildman–Crippen MR) is 120 cm³/mol. The van der Waals surface area contributed by atoms with E-state index >= 15 is 0 Å². The monoisotopic (exact) mass is 455 g/mol. The Morgan fingerprint density at radius 3 is 2.56 bits per heavy atom. The van der Waals surface area contributed by atoms with E-state index in [4.69, 9.17) is 11.6 Å². The summed E-state index contributed by atoms with van der Waals surface area (Å²) in [6, 6.07) is 12.7. The van der Waals surface area contributed by atoms with Gasteiger partial charge in [-0.25, -0.2) is 9.59 Å². The minimum absolute atomic E-state index is 0.0675. The molecule has 1 atom stereocenters. The van der Waals surface area contributed by atoms with E-state index in [0.29, 0.717) is 28.5 Å². The summed E-state index contributed by atoms with van der Waals surface area (Å²) in [4.78, 5) is 31.6. The van der Waals surface area contributed by atoms with Gasteiger partial charge in [-0.2, -0.15) is 0 Å². The topological polar surface area (TPSA) is 120 Å². The fourth-order valence-corrected chi connectivity index (χ4v) is 4.52. The molecule has 0 aliphatic carbocycles. The largest absolute Gasteiger partial charge is 0.439 e. The molecule has 0 radical (unpaired) electrons. The van der Waals surface area contributed by atoms with Crippen molar-refractivity contribution in [3.63, 3.8) is 0 Å². The number of fused-ring (bicyclic) bond motifs is 1. The summed E-state index contributed by atoms with van der Waals surface area (Å²) in [6.45, 7) is 2.11. The highest BCUT2D eigenvalue weighted by molar-refractivity contribution is 6.30. The first-order valence-electron chi connectivity index (χ1n) is 10.4. The maximum atomic E-state index is 12.7. The standard InChI is InChI=1S/C22H22ClN5O4/c23-15-4-1-13(2-5-15)19(29)12-27-9-7-16(8-10-27)28-18-6-3-14(11-17(18)24-21(28)30)20-25-22(31)32-26-20/h1-6,11,16,19,29H,7-10,12H2,(H,24,30)(H,25,26,31). The third-order valence-corrected chi connectivity index (χ3v) is 6.29. The Kier molecular flexibility index (Phi) is 5.46. The van der Waals surface area contributed by atoms with Gasteiger partial charge >= 0.3 is 11.4 Å². The normalized spacial score (nSPS) is 16.6. The number of nitrogens with zero attached hydrogens (tertiary/aromatic N) is 3. The number of aliphatic hydroxyl groups is 1. The van der Waals surface area contributed by atoms with E-state index in [0.717, 1.165) is 37.0 Å². The number of rotatable bonds is 5. The minimum Gasteiger partial charge on any atom is -0.387 e. The molecule has 5 rings (SSSR count). The predicted octanol–water partition coefficient (Wildman–Crippen LogP) is 2.70. The van der Waals surface area contributed by atoms with Crippen LogP contribution < -0.4 is 11.4 Å². The highest BCUT2D eigenvalue weighted by Crippen LogP contribution is 2.28. The summed E-state index contributed by atoms with van der Waals surface area (Å²) in [5, 5.41) is 14.9. The second-order valence-electron chi connectivity index (χ2n) is 8.07. The summed E-state index contributed by atoms with van der Waals surface area (Å²) < 4.78 is 6.36. The molecule has 4 aromatic rings. The van der Waals surface area contributed by atoms with Gasteiger partial charge in [-0.05, 0) is 48.7 Å². The second-order valence-corrected chi connectivity index (χ2v) is 8.51. The van der Waals surface area contributed by atoms with Crippen LogP contribution in [0.1, 0.15) is 30.6 Å².